The minimum absolute atomic E-state index is 0.0829. The Morgan fingerprint density at radius 3 is 3.00 bits per heavy atom. The molecule has 0 radical (unpaired) electrons. The number of carbonyl (C=O) groups is 1. The van der Waals surface area contributed by atoms with Crippen LogP contribution in [0.2, 0.25) is 0 Å². The Hall–Kier alpha value is -1.55. The molecule has 1 fully saturated rings. The van der Waals surface area contributed by atoms with Gasteiger partial charge in [-0.1, -0.05) is 12.1 Å². The fourth-order valence-corrected chi connectivity index (χ4v) is 3.50. The van der Waals surface area contributed by atoms with Crippen LogP contribution in [0.5, 0.6) is 0 Å². The Bertz CT molecular complexity index is 684. The van der Waals surface area contributed by atoms with Crippen molar-refractivity contribution < 1.29 is 22.3 Å². The molecule has 1 heterocycles. The van der Waals surface area contributed by atoms with Crippen LogP contribution in [0.1, 0.15) is 18.5 Å². The van der Waals surface area contributed by atoms with E-state index in [4.69, 9.17) is 4.74 Å². The Morgan fingerprint density at radius 2 is 2.28 bits per heavy atom. The molecule has 140 valence electrons. The van der Waals surface area contributed by atoms with Crippen molar-refractivity contribution in [2.75, 3.05) is 45.1 Å². The zero-order valence-corrected chi connectivity index (χ0v) is 15.0. The fourth-order valence-electron chi connectivity index (χ4n) is 2.67. The zero-order valence-electron chi connectivity index (χ0n) is 14.2. The second kappa shape index (κ2) is 9.23. The lowest BCUT2D eigenvalue weighted by Gasteiger charge is -2.36. The second-order valence-electron chi connectivity index (χ2n) is 5.70. The summed E-state index contributed by atoms with van der Waals surface area (Å²) in [6.07, 6.45) is 0. The third-order valence-electron chi connectivity index (χ3n) is 3.94. The van der Waals surface area contributed by atoms with E-state index in [1.54, 1.807) is 24.0 Å². The molecule has 2 N–H and O–H groups in total. The van der Waals surface area contributed by atoms with Crippen molar-refractivity contribution in [2.45, 2.75) is 13.0 Å². The van der Waals surface area contributed by atoms with Gasteiger partial charge in [0.2, 0.25) is 15.9 Å². The molecule has 7 nitrogen and oxygen atoms in total. The normalized spacial score (nSPS) is 18.3. The Balaban J connectivity index is 1.98. The molecule has 0 saturated carbocycles. The molecule has 1 aliphatic heterocycles. The molecular weight excluding hydrogens is 349 g/mol. The first-order chi connectivity index (χ1) is 11.9. The number of hydrogen-bond donors (Lipinski definition) is 2. The van der Waals surface area contributed by atoms with E-state index in [1.807, 2.05) is 0 Å². The molecule has 1 atom stereocenters. The first kappa shape index (κ1) is 19.8. The van der Waals surface area contributed by atoms with Gasteiger partial charge < -0.3 is 15.0 Å². The summed E-state index contributed by atoms with van der Waals surface area (Å²) in [7, 11) is -3.57. The van der Waals surface area contributed by atoms with Crippen LogP contribution < -0.4 is 10.0 Å². The van der Waals surface area contributed by atoms with Crippen molar-refractivity contribution >= 4 is 15.9 Å². The van der Waals surface area contributed by atoms with Crippen molar-refractivity contribution in [3.63, 3.8) is 0 Å². The molecule has 0 spiro atoms. The molecular formula is C16H24FN3O4S. The molecule has 1 aromatic carbocycles. The van der Waals surface area contributed by atoms with Crippen molar-refractivity contribution in [3.8, 4) is 0 Å². The van der Waals surface area contributed by atoms with Gasteiger partial charge >= 0.3 is 0 Å². The van der Waals surface area contributed by atoms with Crippen LogP contribution in [0.15, 0.2) is 24.3 Å². The molecule has 25 heavy (non-hydrogen) atoms. The summed E-state index contributed by atoms with van der Waals surface area (Å²) in [4.78, 5) is 14.1. The SMILES string of the molecule is CCOCCS(=O)(=O)NCC(=O)N1CCNCC1c1cccc(F)c1. The Labute approximate surface area is 147 Å². The number of sulfonamides is 1. The van der Waals surface area contributed by atoms with Gasteiger partial charge in [-0.15, -0.1) is 0 Å². The van der Waals surface area contributed by atoms with Gasteiger partial charge in [0.1, 0.15) is 5.82 Å². The number of nitrogens with one attached hydrogen (secondary N) is 2. The smallest absolute Gasteiger partial charge is 0.238 e. The van der Waals surface area contributed by atoms with Crippen LogP contribution in [0, 0.1) is 5.82 Å². The largest absolute Gasteiger partial charge is 0.381 e. The highest BCUT2D eigenvalue weighted by molar-refractivity contribution is 7.89. The first-order valence-corrected chi connectivity index (χ1v) is 9.89. The maximum atomic E-state index is 13.5. The maximum absolute atomic E-state index is 13.5. The van der Waals surface area contributed by atoms with Crippen LogP contribution in [-0.4, -0.2) is 64.4 Å². The van der Waals surface area contributed by atoms with Crippen LogP contribution >= 0.6 is 0 Å². The number of halogens is 1. The summed E-state index contributed by atoms with van der Waals surface area (Å²) in [6, 6.07) is 5.76. The topological polar surface area (TPSA) is 87.7 Å². The molecule has 1 unspecified atom stereocenters. The van der Waals surface area contributed by atoms with Crippen molar-refractivity contribution in [1.29, 1.82) is 0 Å². The van der Waals surface area contributed by atoms with Crippen LogP contribution in [-0.2, 0) is 19.6 Å². The minimum Gasteiger partial charge on any atom is -0.381 e. The average Bonchev–Trinajstić information content (AvgIpc) is 2.60. The van der Waals surface area contributed by atoms with E-state index < -0.39 is 10.0 Å². The van der Waals surface area contributed by atoms with Gasteiger partial charge in [-0.2, -0.15) is 0 Å². The molecule has 0 aromatic heterocycles. The van der Waals surface area contributed by atoms with Gasteiger partial charge in [0.25, 0.3) is 0 Å². The van der Waals surface area contributed by atoms with Crippen molar-refractivity contribution in [2.24, 2.45) is 0 Å². The lowest BCUT2D eigenvalue weighted by Crippen LogP contribution is -2.51. The third-order valence-corrected chi connectivity index (χ3v) is 5.23. The van der Waals surface area contributed by atoms with E-state index in [-0.39, 0.29) is 36.7 Å². The molecule has 9 heteroatoms. The first-order valence-electron chi connectivity index (χ1n) is 8.23. The molecule has 0 bridgehead atoms. The van der Waals surface area contributed by atoms with Gasteiger partial charge in [0, 0.05) is 26.2 Å². The molecule has 1 aromatic rings. The summed E-state index contributed by atoms with van der Waals surface area (Å²) in [5, 5.41) is 3.17. The summed E-state index contributed by atoms with van der Waals surface area (Å²) >= 11 is 0. The highest BCUT2D eigenvalue weighted by Crippen LogP contribution is 2.22. The van der Waals surface area contributed by atoms with Gasteiger partial charge in [-0.3, -0.25) is 4.79 Å². The van der Waals surface area contributed by atoms with Crippen molar-refractivity contribution in [3.05, 3.63) is 35.6 Å². The van der Waals surface area contributed by atoms with E-state index in [9.17, 15) is 17.6 Å². The van der Waals surface area contributed by atoms with E-state index >= 15 is 0 Å². The summed E-state index contributed by atoms with van der Waals surface area (Å²) in [5.41, 5.74) is 0.680. The molecule has 1 aliphatic rings. The number of carbonyl (C=O) groups excluding carboxylic acids is 1. The number of rotatable bonds is 8. The summed E-state index contributed by atoms with van der Waals surface area (Å²) < 4.78 is 44.5. The van der Waals surface area contributed by atoms with Crippen LogP contribution in [0.25, 0.3) is 0 Å². The number of benzene rings is 1. The Kier molecular flexibility index (Phi) is 7.30. The highest BCUT2D eigenvalue weighted by Gasteiger charge is 2.28. The number of ether oxygens (including phenoxy) is 1. The van der Waals surface area contributed by atoms with Gasteiger partial charge in [-0.05, 0) is 24.6 Å². The van der Waals surface area contributed by atoms with Gasteiger partial charge in [0.15, 0.2) is 0 Å². The number of nitrogens with zero attached hydrogens (tertiary/aromatic N) is 1. The fraction of sp³-hybridized carbons (Fsp3) is 0.562. The molecule has 1 saturated heterocycles. The standard InChI is InChI=1S/C16H24FN3O4S/c1-2-24-8-9-25(22,23)19-12-16(21)20-7-6-18-11-15(20)13-4-3-5-14(17)10-13/h3-5,10,15,18-19H,2,6-9,11-12H2,1H3. The summed E-state index contributed by atoms with van der Waals surface area (Å²) in [6.45, 7) is 3.51. The minimum atomic E-state index is -3.57. The highest BCUT2D eigenvalue weighted by atomic mass is 32.2. The monoisotopic (exact) mass is 373 g/mol. The van der Waals surface area contributed by atoms with Gasteiger partial charge in [-0.25, -0.2) is 17.5 Å². The Morgan fingerprint density at radius 1 is 1.48 bits per heavy atom. The lowest BCUT2D eigenvalue weighted by atomic mass is 10.0. The van der Waals surface area contributed by atoms with Crippen molar-refractivity contribution in [1.82, 2.24) is 14.9 Å². The number of hydrogen-bond acceptors (Lipinski definition) is 5. The predicted octanol–water partition coefficient (Wildman–Crippen LogP) is 0.255. The molecule has 2 rings (SSSR count). The second-order valence-corrected chi connectivity index (χ2v) is 7.63. The van der Waals surface area contributed by atoms with Gasteiger partial charge in [0.05, 0.1) is 24.9 Å². The van der Waals surface area contributed by atoms with E-state index in [0.717, 1.165) is 0 Å². The average molecular weight is 373 g/mol. The lowest BCUT2D eigenvalue weighted by molar-refractivity contribution is -0.133. The van der Waals surface area contributed by atoms with E-state index in [2.05, 4.69) is 10.0 Å². The molecule has 1 amide bonds. The number of piperazine rings is 1. The number of amides is 1. The van der Waals surface area contributed by atoms with E-state index in [0.29, 0.717) is 31.8 Å². The third kappa shape index (κ3) is 6.03. The zero-order chi connectivity index (χ0) is 18.3. The van der Waals surface area contributed by atoms with Crippen LogP contribution in [0.4, 0.5) is 4.39 Å². The maximum Gasteiger partial charge on any atom is 0.238 e. The quantitative estimate of drug-likeness (QED) is 0.638. The van der Waals surface area contributed by atoms with E-state index in [1.165, 1.54) is 12.1 Å². The predicted molar refractivity (Wildman–Crippen MR) is 92.0 cm³/mol. The van der Waals surface area contributed by atoms with Crippen LogP contribution in [0.3, 0.4) is 0 Å². The summed E-state index contributed by atoms with van der Waals surface area (Å²) in [5.74, 6) is -0.897. The molecule has 0 aliphatic carbocycles.